The molecule has 1 atom stereocenters. The Bertz CT molecular complexity index is 793. The Morgan fingerprint density at radius 3 is 1.68 bits per heavy atom. The van der Waals surface area contributed by atoms with Gasteiger partial charge >= 0.3 is 5.97 Å². The van der Waals surface area contributed by atoms with Gasteiger partial charge in [0.05, 0.1) is 5.25 Å². The van der Waals surface area contributed by atoms with E-state index < -0.39 is 16.8 Å². The second-order valence-corrected chi connectivity index (χ2v) is 7.04. The summed E-state index contributed by atoms with van der Waals surface area (Å²) in [6.45, 7) is 0. The Morgan fingerprint density at radius 1 is 0.760 bits per heavy atom. The van der Waals surface area contributed by atoms with E-state index in [2.05, 4.69) is 0 Å². The molecule has 3 aromatic carbocycles. The van der Waals surface area contributed by atoms with Gasteiger partial charge in [-0.15, -0.1) is 0 Å². The van der Waals surface area contributed by atoms with Gasteiger partial charge < -0.3 is 4.74 Å². The Kier molecular flexibility index (Phi) is 5.75. The molecule has 0 bridgehead atoms. The number of rotatable bonds is 6. The number of benzene rings is 3. The van der Waals surface area contributed by atoms with Gasteiger partial charge in [-0.05, 0) is 23.3 Å². The van der Waals surface area contributed by atoms with E-state index in [4.69, 9.17) is 4.74 Å². The summed E-state index contributed by atoms with van der Waals surface area (Å²) >= 11 is 0. The average Bonchev–Trinajstić information content (AvgIpc) is 2.64. The third kappa shape index (κ3) is 4.64. The molecule has 3 rings (SSSR count). The molecule has 0 aliphatic carbocycles. The van der Waals surface area contributed by atoms with Crippen LogP contribution in [0.3, 0.4) is 0 Å². The minimum absolute atomic E-state index is 0.163. The minimum Gasteiger partial charge on any atom is -0.426 e. The predicted octanol–water partition coefficient (Wildman–Crippen LogP) is 4.13. The molecule has 0 amide bonds. The fraction of sp³-hybridized carbons (Fsp3) is 0.0952. The number of carbonyl (C=O) groups excluding carboxylic acids is 1. The van der Waals surface area contributed by atoms with E-state index in [-0.39, 0.29) is 11.0 Å². The molecule has 25 heavy (non-hydrogen) atoms. The highest BCUT2D eigenvalue weighted by molar-refractivity contribution is 7.86. The minimum atomic E-state index is -1.44. The summed E-state index contributed by atoms with van der Waals surface area (Å²) in [5.74, 6) is -0.203. The second kappa shape index (κ2) is 8.40. The molecule has 0 saturated carbocycles. The van der Waals surface area contributed by atoms with Crippen molar-refractivity contribution in [2.45, 2.75) is 5.25 Å². The van der Waals surface area contributed by atoms with E-state index >= 15 is 0 Å². The summed E-state index contributed by atoms with van der Waals surface area (Å²) in [5, 5.41) is -0.370. The van der Waals surface area contributed by atoms with Crippen LogP contribution >= 0.6 is 0 Å². The van der Waals surface area contributed by atoms with Crippen LogP contribution in [-0.4, -0.2) is 15.9 Å². The van der Waals surface area contributed by atoms with Crippen LogP contribution in [0.25, 0.3) is 0 Å². The monoisotopic (exact) mass is 350 g/mol. The van der Waals surface area contributed by atoms with Crippen LogP contribution < -0.4 is 4.74 Å². The largest absolute Gasteiger partial charge is 0.426 e. The zero-order valence-electron chi connectivity index (χ0n) is 13.6. The highest BCUT2D eigenvalue weighted by Crippen LogP contribution is 2.28. The van der Waals surface area contributed by atoms with E-state index in [1.165, 1.54) is 0 Å². The van der Waals surface area contributed by atoms with Gasteiger partial charge in [0.2, 0.25) is 0 Å². The lowest BCUT2D eigenvalue weighted by molar-refractivity contribution is -0.131. The molecular formula is C21H18O3S. The van der Waals surface area contributed by atoms with Crippen molar-refractivity contribution >= 4 is 16.8 Å². The highest BCUT2D eigenvalue weighted by Gasteiger charge is 2.24. The lowest BCUT2D eigenvalue weighted by atomic mass is 10.0. The molecule has 0 heterocycles. The lowest BCUT2D eigenvalue weighted by Gasteiger charge is -2.17. The first-order chi connectivity index (χ1) is 12.2. The summed E-state index contributed by atoms with van der Waals surface area (Å²) < 4.78 is 18.2. The van der Waals surface area contributed by atoms with E-state index in [1.807, 2.05) is 66.7 Å². The maximum Gasteiger partial charge on any atom is 0.323 e. The van der Waals surface area contributed by atoms with Gasteiger partial charge in [0.25, 0.3) is 0 Å². The Balaban J connectivity index is 1.79. The molecule has 0 spiro atoms. The van der Waals surface area contributed by atoms with Crippen LogP contribution in [0.15, 0.2) is 91.0 Å². The van der Waals surface area contributed by atoms with Gasteiger partial charge in [-0.25, -0.2) is 0 Å². The third-order valence-electron chi connectivity index (χ3n) is 3.70. The number of ether oxygens (including phenoxy) is 1. The van der Waals surface area contributed by atoms with Crippen molar-refractivity contribution in [1.82, 2.24) is 0 Å². The van der Waals surface area contributed by atoms with Gasteiger partial charge in [0, 0.05) is 10.8 Å². The molecule has 4 heteroatoms. The number of hydrogen-bond acceptors (Lipinski definition) is 3. The van der Waals surface area contributed by atoms with Crippen molar-refractivity contribution in [3.05, 3.63) is 102 Å². The van der Waals surface area contributed by atoms with Crippen molar-refractivity contribution < 1.29 is 13.7 Å². The molecule has 1 unspecified atom stereocenters. The molecule has 3 nitrogen and oxygen atoms in total. The quantitative estimate of drug-likeness (QED) is 0.496. The molecule has 3 aromatic rings. The van der Waals surface area contributed by atoms with Crippen molar-refractivity contribution in [3.8, 4) is 5.75 Å². The van der Waals surface area contributed by atoms with Crippen LogP contribution in [-0.2, 0) is 15.6 Å². The molecule has 0 aliphatic rings. The first-order valence-electron chi connectivity index (χ1n) is 7.97. The SMILES string of the molecule is O=C(CS(=O)C(c1ccccc1)c1ccccc1)Oc1ccccc1. The lowest BCUT2D eigenvalue weighted by Crippen LogP contribution is -2.21. The normalized spacial score (nSPS) is 11.9. The van der Waals surface area contributed by atoms with Crippen molar-refractivity contribution in [2.75, 3.05) is 5.75 Å². The van der Waals surface area contributed by atoms with Crippen molar-refractivity contribution in [2.24, 2.45) is 0 Å². The maximum atomic E-state index is 13.0. The third-order valence-corrected chi connectivity index (χ3v) is 5.29. The van der Waals surface area contributed by atoms with Crippen LogP contribution in [0, 0.1) is 0 Å². The average molecular weight is 350 g/mol. The molecule has 0 fully saturated rings. The zero-order chi connectivity index (χ0) is 17.5. The first-order valence-corrected chi connectivity index (χ1v) is 9.35. The Morgan fingerprint density at radius 2 is 1.20 bits per heavy atom. The molecule has 0 radical (unpaired) electrons. The summed E-state index contributed by atoms with van der Waals surface area (Å²) in [6.07, 6.45) is 0. The molecule has 0 aromatic heterocycles. The second-order valence-electron chi connectivity index (χ2n) is 5.51. The van der Waals surface area contributed by atoms with Gasteiger partial charge in [-0.1, -0.05) is 78.9 Å². The summed E-state index contributed by atoms with van der Waals surface area (Å²) in [6, 6.07) is 28.0. The van der Waals surface area contributed by atoms with Gasteiger partial charge in [-0.3, -0.25) is 9.00 Å². The topological polar surface area (TPSA) is 43.4 Å². The van der Waals surface area contributed by atoms with Crippen LogP contribution in [0.4, 0.5) is 0 Å². The fourth-order valence-electron chi connectivity index (χ4n) is 2.60. The van der Waals surface area contributed by atoms with Gasteiger partial charge in [0.15, 0.2) is 0 Å². The summed E-state index contributed by atoms with van der Waals surface area (Å²) in [4.78, 5) is 12.2. The zero-order valence-corrected chi connectivity index (χ0v) is 14.4. The number of esters is 1. The Labute approximate surface area is 149 Å². The standard InChI is InChI=1S/C21H18O3S/c22-20(24-19-14-8-3-9-15-19)16-25(23)21(17-10-4-1-5-11-17)18-12-6-2-7-13-18/h1-15,21H,16H2. The summed E-state index contributed by atoms with van der Waals surface area (Å²) in [5.41, 5.74) is 1.83. The highest BCUT2D eigenvalue weighted by atomic mass is 32.2. The van der Waals surface area contributed by atoms with Crippen molar-refractivity contribution in [3.63, 3.8) is 0 Å². The van der Waals surface area contributed by atoms with E-state index in [1.54, 1.807) is 24.3 Å². The number of carbonyl (C=O) groups is 1. The van der Waals surface area contributed by atoms with Gasteiger partial charge in [0.1, 0.15) is 11.5 Å². The first kappa shape index (κ1) is 17.1. The van der Waals surface area contributed by atoms with Crippen molar-refractivity contribution in [1.29, 1.82) is 0 Å². The predicted molar refractivity (Wildman–Crippen MR) is 99.8 cm³/mol. The molecule has 0 aliphatic heterocycles. The molecule has 126 valence electrons. The van der Waals surface area contributed by atoms with Crippen LogP contribution in [0.5, 0.6) is 5.75 Å². The fourth-order valence-corrected chi connectivity index (χ4v) is 3.98. The smallest absolute Gasteiger partial charge is 0.323 e. The molecule has 0 N–H and O–H groups in total. The van der Waals surface area contributed by atoms with Crippen LogP contribution in [0.1, 0.15) is 16.4 Å². The van der Waals surface area contributed by atoms with Crippen LogP contribution in [0.2, 0.25) is 0 Å². The molecular weight excluding hydrogens is 332 g/mol. The van der Waals surface area contributed by atoms with E-state index in [9.17, 15) is 9.00 Å². The number of para-hydroxylation sites is 1. The van der Waals surface area contributed by atoms with Gasteiger partial charge in [-0.2, -0.15) is 0 Å². The molecule has 0 saturated heterocycles. The van der Waals surface area contributed by atoms with E-state index in [0.717, 1.165) is 11.1 Å². The maximum absolute atomic E-state index is 13.0. The number of hydrogen-bond donors (Lipinski definition) is 0. The Hall–Kier alpha value is -2.72. The summed E-state index contributed by atoms with van der Waals surface area (Å²) in [7, 11) is -1.44. The van der Waals surface area contributed by atoms with E-state index in [0.29, 0.717) is 5.75 Å².